The van der Waals surface area contributed by atoms with Gasteiger partial charge in [0.05, 0.1) is 0 Å². The maximum absolute atomic E-state index is 3.84. The molecule has 0 atom stereocenters. The van der Waals surface area contributed by atoms with E-state index in [9.17, 15) is 0 Å². The highest BCUT2D eigenvalue weighted by atomic mass is 32.2. The smallest absolute Gasteiger partial charge is 0.247 e. The molecule has 0 aromatic carbocycles. The molecule has 0 bridgehead atoms. The van der Waals surface area contributed by atoms with Crippen LogP contribution in [0.1, 0.15) is 0 Å². The lowest BCUT2D eigenvalue weighted by Gasteiger charge is -1.80. The average molecular weight is 222 g/mol. The number of aromatic nitrogens is 4. The minimum absolute atomic E-state index is 0.427. The van der Waals surface area contributed by atoms with Crippen molar-refractivity contribution in [3.63, 3.8) is 0 Å². The second kappa shape index (κ2) is 5.00. The van der Waals surface area contributed by atoms with Crippen LogP contribution in [0, 0.1) is 0 Å². The second-order valence-electron chi connectivity index (χ2n) is 2.27. The predicted molar refractivity (Wildman–Crippen MR) is 53.8 cm³/mol. The molecule has 2 N–H and O–H groups in total. The summed E-state index contributed by atoms with van der Waals surface area (Å²) in [6.07, 6.45) is 6.49. The number of imidazole rings is 2. The molecule has 2 aromatic heterocycles. The Morgan fingerprint density at radius 3 is 1.87 bits per heavy atom. The Hall–Kier alpha value is -2.03. The quantitative estimate of drug-likeness (QED) is 0.613. The third-order valence-electron chi connectivity index (χ3n) is 1.31. The van der Waals surface area contributed by atoms with Gasteiger partial charge in [0, 0.05) is 24.8 Å². The third kappa shape index (κ3) is 2.98. The summed E-state index contributed by atoms with van der Waals surface area (Å²) in [5, 5.41) is 7.44. The summed E-state index contributed by atoms with van der Waals surface area (Å²) < 4.78 is 7.32. The molecule has 0 aliphatic rings. The van der Waals surface area contributed by atoms with Crippen LogP contribution in [-0.4, -0.2) is 19.9 Å². The van der Waals surface area contributed by atoms with Crippen LogP contribution in [-0.2, 0) is 0 Å². The molecule has 0 fully saturated rings. The summed E-state index contributed by atoms with van der Waals surface area (Å²) in [5.41, 5.74) is 0. The van der Waals surface area contributed by atoms with Gasteiger partial charge in [-0.05, 0) is 0 Å². The normalized spacial score (nSPS) is 11.7. The van der Waals surface area contributed by atoms with Crippen LogP contribution < -0.4 is 0 Å². The van der Waals surface area contributed by atoms with Crippen molar-refractivity contribution in [3.05, 3.63) is 24.8 Å². The Labute approximate surface area is 88.6 Å². The van der Waals surface area contributed by atoms with E-state index in [1.54, 1.807) is 24.8 Å². The van der Waals surface area contributed by atoms with Crippen LogP contribution in [0.25, 0.3) is 0 Å². The van der Waals surface area contributed by atoms with Gasteiger partial charge in [0.25, 0.3) is 0 Å². The summed E-state index contributed by atoms with van der Waals surface area (Å²) in [6.45, 7) is 0. The van der Waals surface area contributed by atoms with Gasteiger partial charge in [-0.15, -0.1) is 10.2 Å². The Morgan fingerprint density at radius 2 is 1.47 bits per heavy atom. The first-order valence-electron chi connectivity index (χ1n) is 3.92. The van der Waals surface area contributed by atoms with Crippen LogP contribution in [0.15, 0.2) is 44.1 Å². The van der Waals surface area contributed by atoms with Crippen molar-refractivity contribution in [2.45, 2.75) is 0 Å². The number of H-pyrrole nitrogens is 2. The molecule has 0 spiro atoms. The number of rotatable bonds is 4. The van der Waals surface area contributed by atoms with E-state index in [1.807, 2.05) is 0 Å². The van der Waals surface area contributed by atoms with Crippen molar-refractivity contribution in [2.75, 3.05) is 0 Å². The van der Waals surface area contributed by atoms with Crippen LogP contribution in [0.4, 0.5) is 11.9 Å². The molecule has 2 rings (SSSR count). The largest absolute Gasteiger partial charge is 0.328 e. The second-order valence-corrected chi connectivity index (χ2v) is 2.76. The number of hydrogen-bond acceptors (Lipinski definition) is 7. The Kier molecular flexibility index (Phi) is 3.18. The van der Waals surface area contributed by atoms with E-state index < -0.39 is 0 Å². The minimum atomic E-state index is 0.427. The van der Waals surface area contributed by atoms with Crippen LogP contribution in [0.3, 0.4) is 0 Å². The van der Waals surface area contributed by atoms with Gasteiger partial charge in [-0.3, -0.25) is 0 Å². The molecule has 0 radical (unpaired) electrons. The standard InChI is InChI=1S/C6H6N8S/c1-2-8-5(7-1)11-13-15-14-12-6-9-3-4-10-6/h1-4H,(H,7,8)(H,9,10). The monoisotopic (exact) mass is 222 g/mol. The first-order valence-corrected chi connectivity index (χ1v) is 4.65. The van der Waals surface area contributed by atoms with Crippen molar-refractivity contribution in [1.29, 1.82) is 0 Å². The Morgan fingerprint density at radius 1 is 0.933 bits per heavy atom. The molecule has 0 saturated heterocycles. The van der Waals surface area contributed by atoms with Crippen molar-refractivity contribution >= 4 is 24.0 Å². The first kappa shape index (κ1) is 9.52. The average Bonchev–Trinajstić information content (AvgIpc) is 2.88. The van der Waals surface area contributed by atoms with E-state index in [0.717, 1.165) is 12.1 Å². The van der Waals surface area contributed by atoms with Gasteiger partial charge < -0.3 is 9.97 Å². The van der Waals surface area contributed by atoms with Crippen molar-refractivity contribution in [2.24, 2.45) is 19.3 Å². The molecule has 0 saturated carbocycles. The summed E-state index contributed by atoms with van der Waals surface area (Å²) in [6, 6.07) is 0. The van der Waals surface area contributed by atoms with Gasteiger partial charge >= 0.3 is 0 Å². The van der Waals surface area contributed by atoms with Gasteiger partial charge in [-0.1, -0.05) is 9.04 Å². The molecular formula is C6H6N8S. The van der Waals surface area contributed by atoms with E-state index in [0.29, 0.717) is 11.9 Å². The van der Waals surface area contributed by atoms with Gasteiger partial charge in [0.1, 0.15) is 0 Å². The topological polar surface area (TPSA) is 107 Å². The molecule has 0 aliphatic heterocycles. The van der Waals surface area contributed by atoms with E-state index in [4.69, 9.17) is 0 Å². The zero-order valence-electron chi connectivity index (χ0n) is 7.40. The fourth-order valence-corrected chi connectivity index (χ4v) is 1.01. The first-order chi connectivity index (χ1) is 7.45. The molecule has 2 aromatic rings. The third-order valence-corrected chi connectivity index (χ3v) is 1.62. The molecule has 76 valence electrons. The maximum atomic E-state index is 3.84. The van der Waals surface area contributed by atoms with Gasteiger partial charge in [-0.25, -0.2) is 9.97 Å². The lowest BCUT2D eigenvalue weighted by molar-refractivity contribution is 1.15. The van der Waals surface area contributed by atoms with Crippen molar-refractivity contribution < 1.29 is 0 Å². The fourth-order valence-electron chi connectivity index (χ4n) is 0.753. The summed E-state index contributed by atoms with van der Waals surface area (Å²) in [7, 11) is 0. The summed E-state index contributed by atoms with van der Waals surface area (Å²) in [4.78, 5) is 13.2. The fraction of sp³-hybridized carbons (Fsp3) is 0. The van der Waals surface area contributed by atoms with E-state index >= 15 is 0 Å². The minimum Gasteiger partial charge on any atom is -0.328 e. The molecule has 0 amide bonds. The molecule has 15 heavy (non-hydrogen) atoms. The SMILES string of the molecule is c1c[nH]c(N=NSN=Nc2ncc[nH]2)n1. The van der Waals surface area contributed by atoms with Crippen LogP contribution in [0.2, 0.25) is 0 Å². The van der Waals surface area contributed by atoms with Gasteiger partial charge in [-0.2, -0.15) is 0 Å². The molecular weight excluding hydrogens is 216 g/mol. The zero-order valence-corrected chi connectivity index (χ0v) is 8.22. The molecule has 0 unspecified atom stereocenters. The van der Waals surface area contributed by atoms with E-state index in [1.165, 1.54) is 0 Å². The van der Waals surface area contributed by atoms with Crippen LogP contribution >= 0.6 is 12.1 Å². The summed E-state index contributed by atoms with van der Waals surface area (Å²) in [5.74, 6) is 0.853. The number of aromatic amines is 2. The molecule has 9 heteroatoms. The lowest BCUT2D eigenvalue weighted by atomic mass is 11.0. The van der Waals surface area contributed by atoms with Crippen molar-refractivity contribution in [3.8, 4) is 0 Å². The number of nitrogens with zero attached hydrogens (tertiary/aromatic N) is 6. The van der Waals surface area contributed by atoms with Crippen molar-refractivity contribution in [1.82, 2.24) is 19.9 Å². The highest BCUT2D eigenvalue weighted by Crippen LogP contribution is 2.13. The Balaban J connectivity index is 1.80. The predicted octanol–water partition coefficient (Wildman–Crippen LogP) is 2.56. The van der Waals surface area contributed by atoms with Gasteiger partial charge in [0.15, 0.2) is 12.1 Å². The zero-order chi connectivity index (χ0) is 10.3. The highest BCUT2D eigenvalue weighted by Gasteiger charge is 1.89. The molecule has 0 aliphatic carbocycles. The van der Waals surface area contributed by atoms with E-state index in [2.05, 4.69) is 39.2 Å². The maximum Gasteiger partial charge on any atom is 0.247 e. The van der Waals surface area contributed by atoms with Crippen LogP contribution in [0.5, 0.6) is 0 Å². The summed E-state index contributed by atoms with van der Waals surface area (Å²) >= 11 is 0.846. The number of hydrogen-bond donors (Lipinski definition) is 2. The van der Waals surface area contributed by atoms with E-state index in [-0.39, 0.29) is 0 Å². The lowest BCUT2D eigenvalue weighted by Crippen LogP contribution is -1.62. The molecule has 2 heterocycles. The number of nitrogens with one attached hydrogen (secondary N) is 2. The van der Waals surface area contributed by atoms with Gasteiger partial charge in [0.2, 0.25) is 11.9 Å². The highest BCUT2D eigenvalue weighted by molar-refractivity contribution is 7.96. The molecule has 8 nitrogen and oxygen atoms in total. The Bertz CT molecular complexity index is 387.